The zero-order valence-electron chi connectivity index (χ0n) is 18.2. The number of thiophene rings is 1. The number of halogens is 1. The molecule has 0 saturated carbocycles. The molecule has 0 unspecified atom stereocenters. The number of hydrogen-bond acceptors (Lipinski definition) is 3. The highest BCUT2D eigenvalue weighted by molar-refractivity contribution is 7.15. The lowest BCUT2D eigenvalue weighted by atomic mass is 10.1. The second kappa shape index (κ2) is 12.4. The van der Waals surface area contributed by atoms with Gasteiger partial charge in [0.1, 0.15) is 11.6 Å². The SMILES string of the molecule is CCCCCCCCCCc1ccc(-c2ccc(OC(=O)c3ccc(F)cc3)cc2)s1. The van der Waals surface area contributed by atoms with Crippen molar-refractivity contribution < 1.29 is 13.9 Å². The van der Waals surface area contributed by atoms with E-state index >= 15 is 0 Å². The van der Waals surface area contributed by atoms with Crippen LogP contribution in [0.4, 0.5) is 4.39 Å². The Morgan fingerprint density at radius 3 is 2.13 bits per heavy atom. The molecule has 1 heterocycles. The highest BCUT2D eigenvalue weighted by atomic mass is 32.1. The van der Waals surface area contributed by atoms with E-state index in [1.165, 1.54) is 85.4 Å². The van der Waals surface area contributed by atoms with E-state index in [2.05, 4.69) is 19.1 Å². The van der Waals surface area contributed by atoms with Gasteiger partial charge in [0.2, 0.25) is 0 Å². The van der Waals surface area contributed by atoms with Crippen molar-refractivity contribution in [2.45, 2.75) is 64.7 Å². The maximum absolute atomic E-state index is 13.0. The van der Waals surface area contributed by atoms with E-state index in [0.717, 1.165) is 12.0 Å². The van der Waals surface area contributed by atoms with Crippen LogP contribution in [0, 0.1) is 5.82 Å². The first-order valence-electron chi connectivity index (χ1n) is 11.3. The van der Waals surface area contributed by atoms with Crippen LogP contribution in [0.25, 0.3) is 10.4 Å². The number of ether oxygens (including phenoxy) is 1. The number of unbranched alkanes of at least 4 members (excludes halogenated alkanes) is 7. The Bertz CT molecular complexity index is 929. The Morgan fingerprint density at radius 2 is 1.45 bits per heavy atom. The van der Waals surface area contributed by atoms with Gasteiger partial charge in [-0.3, -0.25) is 0 Å². The van der Waals surface area contributed by atoms with E-state index < -0.39 is 5.97 Å². The van der Waals surface area contributed by atoms with E-state index in [-0.39, 0.29) is 5.82 Å². The number of hydrogen-bond donors (Lipinski definition) is 0. The summed E-state index contributed by atoms with van der Waals surface area (Å²) in [6.07, 6.45) is 11.9. The lowest BCUT2D eigenvalue weighted by Gasteiger charge is -2.05. The normalized spacial score (nSPS) is 10.9. The number of rotatable bonds is 12. The van der Waals surface area contributed by atoms with Crippen LogP contribution < -0.4 is 4.74 Å². The zero-order valence-corrected chi connectivity index (χ0v) is 19.1. The van der Waals surface area contributed by atoms with Gasteiger partial charge in [-0.05, 0) is 79.1 Å². The summed E-state index contributed by atoms with van der Waals surface area (Å²) in [5, 5.41) is 0. The molecule has 2 aromatic carbocycles. The van der Waals surface area contributed by atoms with Gasteiger partial charge in [0.25, 0.3) is 0 Å². The summed E-state index contributed by atoms with van der Waals surface area (Å²) in [5.74, 6) is -0.385. The number of aryl methyl sites for hydroxylation is 1. The molecule has 0 N–H and O–H groups in total. The van der Waals surface area contributed by atoms with E-state index in [1.807, 2.05) is 23.5 Å². The van der Waals surface area contributed by atoms with Gasteiger partial charge in [-0.15, -0.1) is 11.3 Å². The maximum atomic E-state index is 13.0. The summed E-state index contributed by atoms with van der Waals surface area (Å²) >= 11 is 1.84. The highest BCUT2D eigenvalue weighted by Crippen LogP contribution is 2.30. The van der Waals surface area contributed by atoms with Gasteiger partial charge in [0.15, 0.2) is 0 Å². The first-order chi connectivity index (χ1) is 15.2. The van der Waals surface area contributed by atoms with E-state index in [4.69, 9.17) is 4.74 Å². The van der Waals surface area contributed by atoms with Crippen molar-refractivity contribution in [2.24, 2.45) is 0 Å². The second-order valence-corrected chi connectivity index (χ2v) is 9.08. The van der Waals surface area contributed by atoms with Crippen LogP contribution in [0.5, 0.6) is 5.75 Å². The molecule has 0 spiro atoms. The number of carbonyl (C=O) groups is 1. The quantitative estimate of drug-likeness (QED) is 0.161. The van der Waals surface area contributed by atoms with Crippen LogP contribution in [0.1, 0.15) is 73.5 Å². The molecule has 0 aliphatic rings. The largest absolute Gasteiger partial charge is 0.423 e. The molecule has 0 atom stereocenters. The fourth-order valence-corrected chi connectivity index (χ4v) is 4.59. The minimum atomic E-state index is -0.489. The molecule has 0 saturated heterocycles. The molecule has 164 valence electrons. The third-order valence-corrected chi connectivity index (χ3v) is 6.56. The van der Waals surface area contributed by atoms with Gasteiger partial charge >= 0.3 is 5.97 Å². The van der Waals surface area contributed by atoms with Crippen molar-refractivity contribution in [1.29, 1.82) is 0 Å². The molecule has 31 heavy (non-hydrogen) atoms. The van der Waals surface area contributed by atoms with Gasteiger partial charge in [0.05, 0.1) is 5.56 Å². The molecular weight excluding hydrogens is 407 g/mol. The van der Waals surface area contributed by atoms with Crippen molar-refractivity contribution in [3.8, 4) is 16.2 Å². The van der Waals surface area contributed by atoms with Crippen molar-refractivity contribution in [2.75, 3.05) is 0 Å². The summed E-state index contributed by atoms with van der Waals surface area (Å²) < 4.78 is 18.4. The lowest BCUT2D eigenvalue weighted by Crippen LogP contribution is -2.08. The predicted octanol–water partition coefficient (Wildman–Crippen LogP) is 8.46. The van der Waals surface area contributed by atoms with Crippen molar-refractivity contribution in [1.82, 2.24) is 0 Å². The molecular formula is C27H31FO2S. The van der Waals surface area contributed by atoms with Crippen molar-refractivity contribution in [3.05, 3.63) is 76.9 Å². The van der Waals surface area contributed by atoms with Crippen LogP contribution in [-0.2, 0) is 6.42 Å². The molecule has 1 aromatic heterocycles. The van der Waals surface area contributed by atoms with E-state index in [9.17, 15) is 9.18 Å². The monoisotopic (exact) mass is 438 g/mol. The lowest BCUT2D eigenvalue weighted by molar-refractivity contribution is 0.0734. The fourth-order valence-electron chi connectivity index (χ4n) is 3.54. The third-order valence-electron chi connectivity index (χ3n) is 5.37. The predicted molar refractivity (Wildman–Crippen MR) is 127 cm³/mol. The van der Waals surface area contributed by atoms with Crippen molar-refractivity contribution >= 4 is 17.3 Å². The highest BCUT2D eigenvalue weighted by Gasteiger charge is 2.09. The Hall–Kier alpha value is -2.46. The summed E-state index contributed by atoms with van der Waals surface area (Å²) in [6, 6.07) is 17.3. The van der Waals surface area contributed by atoms with Gasteiger partial charge in [0, 0.05) is 9.75 Å². The molecule has 0 fully saturated rings. The fraction of sp³-hybridized carbons (Fsp3) is 0.370. The molecule has 4 heteroatoms. The Kier molecular flexibility index (Phi) is 9.29. The van der Waals surface area contributed by atoms with Crippen LogP contribution in [0.15, 0.2) is 60.7 Å². The molecule has 0 amide bonds. The molecule has 0 radical (unpaired) electrons. The third kappa shape index (κ3) is 7.62. The standard InChI is InChI=1S/C27H31FO2S/c1-2-3-4-5-6-7-8-9-10-25-19-20-26(31-25)21-13-17-24(18-14-21)30-27(29)22-11-15-23(28)16-12-22/h11-20H,2-10H2,1H3. The number of benzene rings is 2. The summed E-state index contributed by atoms with van der Waals surface area (Å²) in [5.41, 5.74) is 1.45. The van der Waals surface area contributed by atoms with Crippen molar-refractivity contribution in [3.63, 3.8) is 0 Å². The Morgan fingerprint density at radius 1 is 0.806 bits per heavy atom. The van der Waals surface area contributed by atoms with Gasteiger partial charge in [-0.25, -0.2) is 9.18 Å². The number of esters is 1. The number of carbonyl (C=O) groups excluding carboxylic acids is 1. The van der Waals surface area contributed by atoms with E-state index in [1.54, 1.807) is 12.1 Å². The topological polar surface area (TPSA) is 26.3 Å². The van der Waals surface area contributed by atoms with Crippen LogP contribution in [0.3, 0.4) is 0 Å². The zero-order chi connectivity index (χ0) is 21.9. The first kappa shape index (κ1) is 23.2. The smallest absolute Gasteiger partial charge is 0.343 e. The van der Waals surface area contributed by atoms with Crippen LogP contribution in [-0.4, -0.2) is 5.97 Å². The molecule has 3 rings (SSSR count). The Labute approximate surface area is 189 Å². The van der Waals surface area contributed by atoms with Gasteiger partial charge in [-0.1, -0.05) is 51.9 Å². The second-order valence-electron chi connectivity index (χ2n) is 7.91. The molecule has 0 aliphatic carbocycles. The first-order valence-corrected chi connectivity index (χ1v) is 12.1. The average Bonchev–Trinajstić information content (AvgIpc) is 3.25. The summed E-state index contributed by atoms with van der Waals surface area (Å²) in [7, 11) is 0. The van der Waals surface area contributed by atoms with Crippen LogP contribution in [0.2, 0.25) is 0 Å². The molecule has 3 aromatic rings. The van der Waals surface area contributed by atoms with Crippen LogP contribution >= 0.6 is 11.3 Å². The Balaban J connectivity index is 1.44. The minimum absolute atomic E-state index is 0.328. The van der Waals surface area contributed by atoms with Gasteiger partial charge < -0.3 is 4.74 Å². The molecule has 2 nitrogen and oxygen atoms in total. The average molecular weight is 439 g/mol. The van der Waals surface area contributed by atoms with E-state index in [0.29, 0.717) is 11.3 Å². The molecule has 0 bridgehead atoms. The maximum Gasteiger partial charge on any atom is 0.343 e. The summed E-state index contributed by atoms with van der Waals surface area (Å²) in [6.45, 7) is 2.26. The minimum Gasteiger partial charge on any atom is -0.423 e. The summed E-state index contributed by atoms with van der Waals surface area (Å²) in [4.78, 5) is 14.8. The van der Waals surface area contributed by atoms with Gasteiger partial charge in [-0.2, -0.15) is 0 Å². The molecule has 0 aliphatic heterocycles.